The average Bonchev–Trinajstić information content (AvgIpc) is 3.40. The zero-order valence-electron chi connectivity index (χ0n) is 48.9. The van der Waals surface area contributed by atoms with Gasteiger partial charge in [0, 0.05) is 25.7 Å². The summed E-state index contributed by atoms with van der Waals surface area (Å²) in [4.78, 5) is 71.7. The summed E-state index contributed by atoms with van der Waals surface area (Å²) >= 11 is 0. The molecule has 0 bridgehead atoms. The van der Waals surface area contributed by atoms with Crippen LogP contribution in [0.25, 0.3) is 0 Å². The third kappa shape index (κ3) is 53.2. The lowest BCUT2D eigenvalue weighted by Gasteiger charge is -2.21. The number of ether oxygens (including phenoxy) is 4. The van der Waals surface area contributed by atoms with E-state index in [0.29, 0.717) is 25.7 Å². The summed E-state index contributed by atoms with van der Waals surface area (Å²) in [5.41, 5.74) is 0. The van der Waals surface area contributed by atoms with Crippen molar-refractivity contribution >= 4 is 39.5 Å². The van der Waals surface area contributed by atoms with Crippen LogP contribution in [0.15, 0.2) is 0 Å². The normalized spacial score (nSPS) is 14.3. The highest BCUT2D eigenvalue weighted by Gasteiger charge is 2.30. The molecule has 2 unspecified atom stereocenters. The Labute approximate surface area is 467 Å². The molecule has 0 spiro atoms. The standard InChI is InChI=1S/C58H112O17P2/c1-5-9-13-17-21-24-25-26-27-29-33-37-41-45-58(63)75-54(49-69-56(61)43-39-35-32-28-22-18-14-10-6-2)51-73-77(66,67)71-47-52(59)46-70-76(64,65)72-50-53(48-68-55(60)42-38-34-30-20-16-12-8-4)74-57(62)44-40-36-31-23-19-15-11-7-3/h52-54,59H,5-51H2,1-4H3,(H,64,65)(H,66,67)/t52-,53+,54+/m0/s1. The minimum absolute atomic E-state index is 0.105. The first-order chi connectivity index (χ1) is 37.2. The van der Waals surface area contributed by atoms with Crippen LogP contribution in [-0.2, 0) is 65.4 Å². The number of phosphoric acid groups is 2. The first-order valence-corrected chi connectivity index (χ1v) is 33.8. The highest BCUT2D eigenvalue weighted by atomic mass is 31.2. The van der Waals surface area contributed by atoms with Gasteiger partial charge in [-0.1, -0.05) is 240 Å². The molecule has 0 aromatic heterocycles. The van der Waals surface area contributed by atoms with Crippen LogP contribution < -0.4 is 0 Å². The monoisotopic (exact) mass is 1140 g/mol. The van der Waals surface area contributed by atoms with Gasteiger partial charge in [-0.3, -0.25) is 37.3 Å². The molecule has 5 atom stereocenters. The maximum atomic E-state index is 12.9. The summed E-state index contributed by atoms with van der Waals surface area (Å²) < 4.78 is 67.6. The van der Waals surface area contributed by atoms with E-state index in [1.165, 1.54) is 103 Å². The number of unbranched alkanes of at least 4 members (excludes halogenated alkanes) is 33. The summed E-state index contributed by atoms with van der Waals surface area (Å²) in [5.74, 6) is -2.15. The van der Waals surface area contributed by atoms with Crippen molar-refractivity contribution in [2.24, 2.45) is 0 Å². The molecule has 456 valence electrons. The van der Waals surface area contributed by atoms with Crippen LogP contribution in [0.2, 0.25) is 0 Å². The molecular formula is C58H112O17P2. The fourth-order valence-electron chi connectivity index (χ4n) is 8.57. The Hall–Kier alpha value is -1.94. The Kier molecular flexibility index (Phi) is 52.0. The van der Waals surface area contributed by atoms with Gasteiger partial charge in [-0.05, 0) is 25.7 Å². The molecule has 0 aliphatic heterocycles. The number of rotatable bonds is 59. The smallest absolute Gasteiger partial charge is 0.462 e. The van der Waals surface area contributed by atoms with Gasteiger partial charge >= 0.3 is 39.5 Å². The molecule has 0 saturated heterocycles. The van der Waals surface area contributed by atoms with E-state index < -0.39 is 97.5 Å². The van der Waals surface area contributed by atoms with Crippen molar-refractivity contribution in [3.05, 3.63) is 0 Å². The van der Waals surface area contributed by atoms with Gasteiger partial charge in [0.1, 0.15) is 19.3 Å². The molecule has 0 aromatic carbocycles. The molecule has 0 amide bonds. The number of esters is 4. The molecule has 0 radical (unpaired) electrons. The van der Waals surface area contributed by atoms with Gasteiger partial charge in [0.2, 0.25) is 0 Å². The second-order valence-corrected chi connectivity index (χ2v) is 23.9. The fourth-order valence-corrected chi connectivity index (χ4v) is 10.2. The quantitative estimate of drug-likeness (QED) is 0.0222. The summed E-state index contributed by atoms with van der Waals surface area (Å²) in [5, 5.41) is 10.5. The van der Waals surface area contributed by atoms with Crippen molar-refractivity contribution in [2.45, 2.75) is 309 Å². The van der Waals surface area contributed by atoms with Crippen LogP contribution >= 0.6 is 15.6 Å². The lowest BCUT2D eigenvalue weighted by atomic mass is 10.0. The Bertz CT molecular complexity index is 1500. The molecule has 0 heterocycles. The predicted octanol–water partition coefficient (Wildman–Crippen LogP) is 15.6. The van der Waals surface area contributed by atoms with E-state index in [9.17, 15) is 43.2 Å². The van der Waals surface area contributed by atoms with Gasteiger partial charge in [0.25, 0.3) is 0 Å². The SMILES string of the molecule is CCCCCCCCCCCCCCCC(=O)O[C@H](COC(=O)CCCCCCCCCCC)COP(=O)(O)OC[C@@H](O)COP(=O)(O)OC[C@@H](COC(=O)CCCCCCCCC)OC(=O)CCCCCCCCCC. The highest BCUT2D eigenvalue weighted by molar-refractivity contribution is 7.47. The van der Waals surface area contributed by atoms with Crippen LogP contribution in [0.3, 0.4) is 0 Å². The molecule has 19 heteroatoms. The van der Waals surface area contributed by atoms with Crippen molar-refractivity contribution in [3.8, 4) is 0 Å². The largest absolute Gasteiger partial charge is 0.472 e. The van der Waals surface area contributed by atoms with E-state index in [0.717, 1.165) is 109 Å². The maximum Gasteiger partial charge on any atom is 0.472 e. The van der Waals surface area contributed by atoms with E-state index in [2.05, 4.69) is 27.7 Å². The van der Waals surface area contributed by atoms with Gasteiger partial charge in [-0.2, -0.15) is 0 Å². The Morgan fingerprint density at radius 1 is 0.312 bits per heavy atom. The minimum Gasteiger partial charge on any atom is -0.462 e. The molecule has 0 saturated carbocycles. The summed E-state index contributed by atoms with van der Waals surface area (Å²) in [6, 6.07) is 0. The van der Waals surface area contributed by atoms with Crippen LogP contribution in [-0.4, -0.2) is 96.7 Å². The lowest BCUT2D eigenvalue weighted by molar-refractivity contribution is -0.161. The third-order valence-electron chi connectivity index (χ3n) is 13.4. The third-order valence-corrected chi connectivity index (χ3v) is 15.3. The number of carbonyl (C=O) groups excluding carboxylic acids is 4. The number of aliphatic hydroxyl groups excluding tert-OH is 1. The van der Waals surface area contributed by atoms with Crippen molar-refractivity contribution < 1.29 is 80.2 Å². The fraction of sp³-hybridized carbons (Fsp3) is 0.931. The van der Waals surface area contributed by atoms with Crippen LogP contribution in [0.5, 0.6) is 0 Å². The van der Waals surface area contributed by atoms with E-state index in [4.69, 9.17) is 37.0 Å². The topological polar surface area (TPSA) is 237 Å². The van der Waals surface area contributed by atoms with Gasteiger partial charge in [0.05, 0.1) is 26.4 Å². The Morgan fingerprint density at radius 3 is 0.766 bits per heavy atom. The average molecular weight is 1140 g/mol. The number of carbonyl (C=O) groups is 4. The number of hydrogen-bond acceptors (Lipinski definition) is 15. The van der Waals surface area contributed by atoms with E-state index >= 15 is 0 Å². The van der Waals surface area contributed by atoms with Gasteiger partial charge in [0.15, 0.2) is 12.2 Å². The molecule has 77 heavy (non-hydrogen) atoms. The summed E-state index contributed by atoms with van der Waals surface area (Å²) in [7, 11) is -9.86. The van der Waals surface area contributed by atoms with E-state index in [-0.39, 0.29) is 25.7 Å². The van der Waals surface area contributed by atoms with Crippen molar-refractivity contribution in [3.63, 3.8) is 0 Å². The van der Waals surface area contributed by atoms with Gasteiger partial charge in [-0.25, -0.2) is 9.13 Å². The van der Waals surface area contributed by atoms with Crippen molar-refractivity contribution in [1.29, 1.82) is 0 Å². The molecule has 0 aromatic rings. The van der Waals surface area contributed by atoms with Crippen molar-refractivity contribution in [1.82, 2.24) is 0 Å². The number of phosphoric ester groups is 2. The summed E-state index contributed by atoms with van der Waals surface area (Å²) in [6.45, 7) is 4.77. The second-order valence-electron chi connectivity index (χ2n) is 21.0. The van der Waals surface area contributed by atoms with Crippen LogP contribution in [0.1, 0.15) is 291 Å². The Morgan fingerprint density at radius 2 is 0.519 bits per heavy atom. The maximum absolute atomic E-state index is 12.9. The van der Waals surface area contributed by atoms with Crippen LogP contribution in [0, 0.1) is 0 Å². The zero-order valence-corrected chi connectivity index (χ0v) is 50.7. The molecular weight excluding hydrogens is 1030 g/mol. The first kappa shape index (κ1) is 75.1. The molecule has 0 aliphatic rings. The summed E-state index contributed by atoms with van der Waals surface area (Å²) in [6.07, 6.45) is 36.3. The number of hydrogen-bond donors (Lipinski definition) is 3. The number of aliphatic hydroxyl groups is 1. The van der Waals surface area contributed by atoms with E-state index in [1.54, 1.807) is 0 Å². The second kappa shape index (κ2) is 53.4. The predicted molar refractivity (Wildman–Crippen MR) is 303 cm³/mol. The van der Waals surface area contributed by atoms with Crippen molar-refractivity contribution in [2.75, 3.05) is 39.6 Å². The lowest BCUT2D eigenvalue weighted by Crippen LogP contribution is -2.30. The zero-order chi connectivity index (χ0) is 56.9. The Balaban J connectivity index is 5.19. The highest BCUT2D eigenvalue weighted by Crippen LogP contribution is 2.45. The minimum atomic E-state index is -4.93. The van der Waals surface area contributed by atoms with Crippen LogP contribution in [0.4, 0.5) is 0 Å². The van der Waals surface area contributed by atoms with Gasteiger partial charge in [-0.15, -0.1) is 0 Å². The first-order valence-electron chi connectivity index (χ1n) is 30.8. The molecule has 0 aliphatic carbocycles. The van der Waals surface area contributed by atoms with E-state index in [1.807, 2.05) is 0 Å². The molecule has 0 rings (SSSR count). The molecule has 17 nitrogen and oxygen atoms in total. The van der Waals surface area contributed by atoms with Gasteiger partial charge < -0.3 is 33.8 Å². The molecule has 3 N–H and O–H groups in total. The molecule has 0 fully saturated rings.